The number of carbonyl (C=O) groups is 1. The van der Waals surface area contributed by atoms with Crippen LogP contribution in [-0.4, -0.2) is 19.5 Å². The summed E-state index contributed by atoms with van der Waals surface area (Å²) in [5, 5.41) is 0. The molecule has 1 fully saturated rings. The predicted octanol–water partition coefficient (Wildman–Crippen LogP) is 2.12. The molecule has 15 heavy (non-hydrogen) atoms. The molecule has 2 rings (SSSR count). The van der Waals surface area contributed by atoms with Crippen molar-refractivity contribution in [2.45, 2.75) is 18.9 Å². The molecule has 1 heterocycles. The lowest BCUT2D eigenvalue weighted by molar-refractivity contribution is -0.128. The summed E-state index contributed by atoms with van der Waals surface area (Å²) < 4.78 is 18.6. The summed E-state index contributed by atoms with van der Waals surface area (Å²) in [6, 6.07) is 7.08. The van der Waals surface area contributed by atoms with Gasteiger partial charge in [-0.25, -0.2) is 0 Å². The third-order valence-corrected chi connectivity index (χ3v) is 2.43. The lowest BCUT2D eigenvalue weighted by atomic mass is 10.0. The van der Waals surface area contributed by atoms with Gasteiger partial charge in [-0.05, 0) is 17.7 Å². The van der Waals surface area contributed by atoms with Gasteiger partial charge < -0.3 is 9.47 Å². The second-order valence-electron chi connectivity index (χ2n) is 3.47. The molecular formula is C12H14O3. The van der Waals surface area contributed by atoms with Crippen molar-refractivity contribution in [2.75, 3.05) is 13.7 Å². The highest BCUT2D eigenvalue weighted by Crippen LogP contribution is 2.27. The third kappa shape index (κ3) is 2.36. The van der Waals surface area contributed by atoms with Gasteiger partial charge in [0.05, 0.1) is 21.2 Å². The molecule has 0 N–H and O–H groups in total. The van der Waals surface area contributed by atoms with Crippen molar-refractivity contribution in [3.63, 3.8) is 0 Å². The van der Waals surface area contributed by atoms with Crippen LogP contribution in [0.5, 0.6) is 5.75 Å². The van der Waals surface area contributed by atoms with E-state index in [0.29, 0.717) is 18.6 Å². The van der Waals surface area contributed by atoms with E-state index in [1.165, 1.54) is 0 Å². The average molecular weight is 207 g/mol. The first kappa shape index (κ1) is 8.92. The van der Waals surface area contributed by atoms with E-state index < -0.39 is 6.08 Å². The molecule has 80 valence electrons. The summed E-state index contributed by atoms with van der Waals surface area (Å²) in [6.07, 6.45) is -0.683. The molecule has 1 aliphatic rings. The van der Waals surface area contributed by atoms with E-state index in [0.717, 1.165) is 5.75 Å². The van der Waals surface area contributed by atoms with E-state index >= 15 is 0 Å². The molecule has 1 saturated heterocycles. The normalized spacial score (nSPS) is 27.3. The summed E-state index contributed by atoms with van der Waals surface area (Å²) in [5.74, 6) is 0.812. The smallest absolute Gasteiger partial charge is 0.138 e. The number of ketones is 1. The lowest BCUT2D eigenvalue weighted by Gasteiger charge is -2.22. The molecule has 0 saturated carbocycles. The van der Waals surface area contributed by atoms with Gasteiger partial charge in [-0.1, -0.05) is 12.1 Å². The molecule has 1 aromatic rings. The van der Waals surface area contributed by atoms with Crippen molar-refractivity contribution in [3.05, 3.63) is 29.8 Å². The van der Waals surface area contributed by atoms with E-state index in [4.69, 9.17) is 10.8 Å². The zero-order valence-corrected chi connectivity index (χ0v) is 8.66. The maximum Gasteiger partial charge on any atom is 0.138 e. The highest BCUT2D eigenvalue weighted by molar-refractivity contribution is 5.79. The number of methoxy groups -OCH3 is 1. The highest BCUT2D eigenvalue weighted by atomic mass is 16.5. The fourth-order valence-electron chi connectivity index (χ4n) is 1.57. The van der Waals surface area contributed by atoms with Crippen LogP contribution < -0.4 is 4.74 Å². The van der Waals surface area contributed by atoms with Gasteiger partial charge >= 0.3 is 0 Å². The third-order valence-electron chi connectivity index (χ3n) is 2.43. The molecule has 0 bridgehead atoms. The van der Waals surface area contributed by atoms with Gasteiger partial charge in [0.1, 0.15) is 11.5 Å². The number of ether oxygens (including phenoxy) is 2. The number of hydrogen-bond acceptors (Lipinski definition) is 3. The zero-order valence-electron chi connectivity index (χ0n) is 9.66. The molecule has 1 unspecified atom stereocenters. The standard InChI is InChI=1S/C12H14O3/c1-14-11-4-2-9(3-5-11)12-8-10(13)6-7-15-12/h2-5,12H,6-8H2,1H3/i12D. The second kappa shape index (κ2) is 4.45. The van der Waals surface area contributed by atoms with Crippen molar-refractivity contribution in [1.82, 2.24) is 0 Å². The van der Waals surface area contributed by atoms with Crippen molar-refractivity contribution >= 4 is 5.78 Å². The average Bonchev–Trinajstić information content (AvgIpc) is 2.29. The number of Topliss-reactive ketones (excluding diaryl/α,β-unsaturated/α-hetero) is 1. The fourth-order valence-corrected chi connectivity index (χ4v) is 1.57. The minimum absolute atomic E-state index is 0.0806. The molecular weight excluding hydrogens is 192 g/mol. The molecule has 0 aromatic heterocycles. The SMILES string of the molecule is [2H]C1(c2ccc(OC)cc2)CC(=O)CCO1. The Labute approximate surface area is 90.4 Å². The van der Waals surface area contributed by atoms with Crippen molar-refractivity contribution in [2.24, 2.45) is 0 Å². The van der Waals surface area contributed by atoms with Crippen LogP contribution >= 0.6 is 0 Å². The first-order chi connectivity index (χ1) is 7.64. The zero-order chi connectivity index (χ0) is 11.6. The summed E-state index contributed by atoms with van der Waals surface area (Å²) in [4.78, 5) is 11.4. The van der Waals surface area contributed by atoms with Crippen LogP contribution in [0, 0.1) is 0 Å². The van der Waals surface area contributed by atoms with Crippen LogP contribution in [0.15, 0.2) is 24.3 Å². The molecule has 3 heteroatoms. The topological polar surface area (TPSA) is 35.5 Å². The van der Waals surface area contributed by atoms with Crippen LogP contribution in [0.2, 0.25) is 0 Å². The van der Waals surface area contributed by atoms with Crippen LogP contribution in [0.1, 0.15) is 25.9 Å². The highest BCUT2D eigenvalue weighted by Gasteiger charge is 2.21. The Hall–Kier alpha value is -1.35. The van der Waals surface area contributed by atoms with Crippen LogP contribution in [-0.2, 0) is 9.53 Å². The summed E-state index contributed by atoms with van der Waals surface area (Å²) in [7, 11) is 1.59. The Kier molecular flexibility index (Phi) is 2.64. The van der Waals surface area contributed by atoms with Gasteiger partial charge in [0.25, 0.3) is 0 Å². The number of benzene rings is 1. The number of carbonyl (C=O) groups excluding carboxylic acids is 1. The number of hydrogen-bond donors (Lipinski definition) is 0. The first-order valence-electron chi connectivity index (χ1n) is 5.44. The molecule has 1 aromatic carbocycles. The fraction of sp³-hybridized carbons (Fsp3) is 0.417. The predicted molar refractivity (Wildman–Crippen MR) is 55.9 cm³/mol. The maximum absolute atomic E-state index is 11.4. The van der Waals surface area contributed by atoms with Gasteiger partial charge in [-0.3, -0.25) is 4.79 Å². The molecule has 1 aliphatic heterocycles. The summed E-state index contributed by atoms with van der Waals surface area (Å²) in [5.41, 5.74) is 0.696. The first-order valence-corrected chi connectivity index (χ1v) is 4.94. The second-order valence-corrected chi connectivity index (χ2v) is 3.47. The quantitative estimate of drug-likeness (QED) is 0.745. The largest absolute Gasteiger partial charge is 0.497 e. The Morgan fingerprint density at radius 1 is 1.47 bits per heavy atom. The Bertz CT molecular complexity index is 388. The minimum atomic E-state index is -1.22. The van der Waals surface area contributed by atoms with Crippen LogP contribution in [0.25, 0.3) is 0 Å². The van der Waals surface area contributed by atoms with Crippen LogP contribution in [0.4, 0.5) is 0 Å². The molecule has 0 spiro atoms. The molecule has 0 aliphatic carbocycles. The van der Waals surface area contributed by atoms with Gasteiger partial charge in [-0.15, -0.1) is 0 Å². The Morgan fingerprint density at radius 2 is 2.20 bits per heavy atom. The minimum Gasteiger partial charge on any atom is -0.497 e. The van der Waals surface area contributed by atoms with Gasteiger partial charge in [0, 0.05) is 12.8 Å². The van der Waals surface area contributed by atoms with E-state index in [9.17, 15) is 4.79 Å². The van der Waals surface area contributed by atoms with Gasteiger partial charge in [0.2, 0.25) is 0 Å². The van der Waals surface area contributed by atoms with E-state index in [2.05, 4.69) is 0 Å². The van der Waals surface area contributed by atoms with E-state index in [1.807, 2.05) is 0 Å². The number of rotatable bonds is 2. The molecule has 3 nitrogen and oxygen atoms in total. The Morgan fingerprint density at radius 3 is 2.80 bits per heavy atom. The van der Waals surface area contributed by atoms with E-state index in [-0.39, 0.29) is 12.2 Å². The molecule has 0 radical (unpaired) electrons. The molecule has 0 amide bonds. The Balaban J connectivity index is 2.24. The van der Waals surface area contributed by atoms with Gasteiger partial charge in [-0.2, -0.15) is 0 Å². The monoisotopic (exact) mass is 207 g/mol. The van der Waals surface area contributed by atoms with Crippen molar-refractivity contribution < 1.29 is 15.6 Å². The maximum atomic E-state index is 11.4. The van der Waals surface area contributed by atoms with Crippen molar-refractivity contribution in [3.8, 4) is 5.75 Å². The summed E-state index contributed by atoms with van der Waals surface area (Å²) >= 11 is 0. The lowest BCUT2D eigenvalue weighted by Crippen LogP contribution is -2.19. The summed E-state index contributed by atoms with van der Waals surface area (Å²) in [6.45, 7) is 0.328. The van der Waals surface area contributed by atoms with E-state index in [1.54, 1.807) is 31.4 Å². The van der Waals surface area contributed by atoms with Gasteiger partial charge in [0.15, 0.2) is 0 Å². The molecule has 1 atom stereocenters. The van der Waals surface area contributed by atoms with Crippen molar-refractivity contribution in [1.29, 1.82) is 0 Å². The van der Waals surface area contributed by atoms with Crippen LogP contribution in [0.3, 0.4) is 0 Å².